The highest BCUT2D eigenvalue weighted by Gasteiger charge is 2.45. The SMILES string of the molecule is [2H]C([2H])([2H])CCCc1cc(O)c2c(c1)OC(C)(C)[C@@H]1CCC(CO)=C[C@@H]21. The highest BCUT2D eigenvalue weighted by molar-refractivity contribution is 5.54. The van der Waals surface area contributed by atoms with Crippen LogP contribution in [0.15, 0.2) is 23.8 Å². The standard InChI is InChI=1S/C20H28O3/c1-4-5-6-13-10-17(22)19-15-9-14(12-21)7-8-16(15)20(2,3)23-18(19)11-13/h9-11,15-16,21-22H,4-8,12H2,1-3H3/t15-,16-/m1/s1/i1D3. The molecule has 2 N–H and O–H groups in total. The van der Waals surface area contributed by atoms with Gasteiger partial charge in [-0.2, -0.15) is 0 Å². The molecule has 1 aromatic rings. The molecule has 0 saturated heterocycles. The van der Waals surface area contributed by atoms with E-state index >= 15 is 0 Å². The van der Waals surface area contributed by atoms with Gasteiger partial charge in [0.25, 0.3) is 0 Å². The number of phenols is 1. The van der Waals surface area contributed by atoms with E-state index in [4.69, 9.17) is 8.85 Å². The van der Waals surface area contributed by atoms with Crippen molar-refractivity contribution >= 4 is 0 Å². The highest BCUT2D eigenvalue weighted by Crippen LogP contribution is 2.53. The Bertz CT molecular complexity index is 707. The molecule has 1 aromatic carbocycles. The zero-order valence-electron chi connectivity index (χ0n) is 16.9. The summed E-state index contributed by atoms with van der Waals surface area (Å²) in [4.78, 5) is 0. The second-order valence-corrected chi connectivity index (χ2v) is 7.24. The van der Waals surface area contributed by atoms with Crippen molar-refractivity contribution < 1.29 is 19.1 Å². The van der Waals surface area contributed by atoms with Gasteiger partial charge < -0.3 is 14.9 Å². The van der Waals surface area contributed by atoms with Crippen LogP contribution in [0.25, 0.3) is 0 Å². The van der Waals surface area contributed by atoms with E-state index in [-0.39, 0.29) is 36.2 Å². The van der Waals surface area contributed by atoms with E-state index in [9.17, 15) is 10.2 Å². The van der Waals surface area contributed by atoms with Crippen LogP contribution >= 0.6 is 0 Å². The van der Waals surface area contributed by atoms with Gasteiger partial charge in [0.1, 0.15) is 17.1 Å². The first-order valence-corrected chi connectivity index (χ1v) is 8.46. The first-order valence-electron chi connectivity index (χ1n) is 9.96. The molecule has 1 aliphatic heterocycles. The molecule has 23 heavy (non-hydrogen) atoms. The lowest BCUT2D eigenvalue weighted by atomic mass is 9.68. The number of aliphatic hydroxyl groups is 1. The van der Waals surface area contributed by atoms with E-state index in [1.807, 2.05) is 6.07 Å². The summed E-state index contributed by atoms with van der Waals surface area (Å²) in [6.07, 6.45) is 5.15. The number of allylic oxidation sites excluding steroid dienone is 1. The minimum Gasteiger partial charge on any atom is -0.507 e. The van der Waals surface area contributed by atoms with Crippen molar-refractivity contribution in [1.82, 2.24) is 0 Å². The summed E-state index contributed by atoms with van der Waals surface area (Å²) in [5.41, 5.74) is 2.33. The largest absolute Gasteiger partial charge is 0.507 e. The van der Waals surface area contributed by atoms with Crippen LogP contribution < -0.4 is 4.74 Å². The summed E-state index contributed by atoms with van der Waals surface area (Å²) in [6, 6.07) is 3.67. The Labute approximate surface area is 143 Å². The van der Waals surface area contributed by atoms with Gasteiger partial charge in [0.2, 0.25) is 0 Å². The Morgan fingerprint density at radius 3 is 2.96 bits per heavy atom. The fraction of sp³-hybridized carbons (Fsp3) is 0.600. The molecule has 1 aliphatic carbocycles. The lowest BCUT2D eigenvalue weighted by Crippen LogP contribution is -2.45. The maximum absolute atomic E-state index is 10.7. The van der Waals surface area contributed by atoms with Crippen LogP contribution in [0.3, 0.4) is 0 Å². The monoisotopic (exact) mass is 319 g/mol. The van der Waals surface area contributed by atoms with E-state index in [1.54, 1.807) is 6.07 Å². The average molecular weight is 319 g/mol. The van der Waals surface area contributed by atoms with Crippen molar-refractivity contribution in [2.24, 2.45) is 5.92 Å². The molecule has 126 valence electrons. The number of ether oxygens (including phenoxy) is 1. The third-order valence-corrected chi connectivity index (χ3v) is 5.25. The number of hydrogen-bond acceptors (Lipinski definition) is 3. The normalized spacial score (nSPS) is 27.6. The zero-order valence-corrected chi connectivity index (χ0v) is 13.9. The average Bonchev–Trinajstić information content (AvgIpc) is 2.52. The molecular formula is C20H28O3. The van der Waals surface area contributed by atoms with Crippen LogP contribution in [-0.4, -0.2) is 22.4 Å². The lowest BCUT2D eigenvalue weighted by Gasteiger charge is -2.46. The minimum absolute atomic E-state index is 0.0288. The highest BCUT2D eigenvalue weighted by atomic mass is 16.5. The molecule has 0 aromatic heterocycles. The molecule has 3 nitrogen and oxygen atoms in total. The van der Waals surface area contributed by atoms with E-state index in [0.29, 0.717) is 18.6 Å². The van der Waals surface area contributed by atoms with Gasteiger partial charge in [-0.1, -0.05) is 19.3 Å². The molecule has 0 bridgehead atoms. The summed E-state index contributed by atoms with van der Waals surface area (Å²) in [6.45, 7) is 2.27. The molecule has 2 aliphatic rings. The number of fused-ring (bicyclic) bond motifs is 3. The number of aryl methyl sites for hydroxylation is 1. The fourth-order valence-corrected chi connectivity index (χ4v) is 4.05. The number of rotatable bonds is 4. The maximum Gasteiger partial charge on any atom is 0.127 e. The van der Waals surface area contributed by atoms with Crippen molar-refractivity contribution in [2.75, 3.05) is 6.61 Å². The van der Waals surface area contributed by atoms with Crippen molar-refractivity contribution in [2.45, 2.75) is 64.3 Å². The van der Waals surface area contributed by atoms with Crippen LogP contribution in [-0.2, 0) is 6.42 Å². The molecule has 3 rings (SSSR count). The molecule has 0 amide bonds. The molecule has 0 saturated carbocycles. The zero-order chi connectivity index (χ0) is 19.1. The topological polar surface area (TPSA) is 49.7 Å². The molecule has 2 atom stereocenters. The van der Waals surface area contributed by atoms with E-state index < -0.39 is 6.85 Å². The smallest absolute Gasteiger partial charge is 0.127 e. The van der Waals surface area contributed by atoms with Gasteiger partial charge in [-0.15, -0.1) is 0 Å². The molecule has 0 spiro atoms. The molecule has 0 fully saturated rings. The van der Waals surface area contributed by atoms with Crippen LogP contribution in [0, 0.1) is 5.92 Å². The van der Waals surface area contributed by atoms with Crippen molar-refractivity contribution in [3.05, 3.63) is 34.9 Å². The lowest BCUT2D eigenvalue weighted by molar-refractivity contribution is 0.0100. The molecule has 0 unspecified atom stereocenters. The molecule has 1 heterocycles. The Morgan fingerprint density at radius 2 is 2.22 bits per heavy atom. The number of phenolic OH excluding ortho intramolecular Hbond substituents is 1. The third-order valence-electron chi connectivity index (χ3n) is 5.25. The predicted octanol–water partition coefficient (Wildman–Crippen LogP) is 4.32. The Morgan fingerprint density at radius 1 is 1.39 bits per heavy atom. The van der Waals surface area contributed by atoms with Crippen molar-refractivity contribution in [3.8, 4) is 11.5 Å². The van der Waals surface area contributed by atoms with Gasteiger partial charge in [0, 0.05) is 21.5 Å². The van der Waals surface area contributed by atoms with Gasteiger partial charge >= 0.3 is 0 Å². The van der Waals surface area contributed by atoms with Crippen molar-refractivity contribution in [3.63, 3.8) is 0 Å². The predicted molar refractivity (Wildman–Crippen MR) is 92.1 cm³/mol. The Kier molecular flexibility index (Phi) is 3.47. The van der Waals surface area contributed by atoms with Crippen molar-refractivity contribution in [1.29, 1.82) is 0 Å². The summed E-state index contributed by atoms with van der Waals surface area (Å²) in [7, 11) is 0. The van der Waals surface area contributed by atoms with Gasteiger partial charge in [0.05, 0.1) is 6.61 Å². The molecule has 0 radical (unpaired) electrons. The summed E-state index contributed by atoms with van der Waals surface area (Å²) < 4.78 is 28.2. The second-order valence-electron chi connectivity index (χ2n) is 7.24. The Balaban J connectivity index is 1.92. The summed E-state index contributed by atoms with van der Waals surface area (Å²) >= 11 is 0. The first-order chi connectivity index (χ1) is 12.1. The van der Waals surface area contributed by atoms with Crippen LogP contribution in [0.1, 0.15) is 67.5 Å². The summed E-state index contributed by atoms with van der Waals surface area (Å²) in [5.74, 6) is 1.15. The minimum atomic E-state index is -1.92. The van der Waals surface area contributed by atoms with E-state index in [1.165, 1.54) is 0 Å². The summed E-state index contributed by atoms with van der Waals surface area (Å²) in [5, 5.41) is 20.2. The molecular weight excluding hydrogens is 288 g/mol. The first kappa shape index (κ1) is 12.9. The molecule has 3 heteroatoms. The van der Waals surface area contributed by atoms with Crippen LogP contribution in [0.4, 0.5) is 0 Å². The number of hydrogen-bond donors (Lipinski definition) is 2. The quantitative estimate of drug-likeness (QED) is 0.813. The number of aliphatic hydroxyl groups excluding tert-OH is 1. The number of aromatic hydroxyl groups is 1. The third kappa shape index (κ3) is 2.99. The van der Waals surface area contributed by atoms with Crippen LogP contribution in [0.5, 0.6) is 11.5 Å². The Hall–Kier alpha value is -1.48. The van der Waals surface area contributed by atoms with Gasteiger partial charge in [0.15, 0.2) is 0 Å². The fourth-order valence-electron chi connectivity index (χ4n) is 4.05. The van der Waals surface area contributed by atoms with Gasteiger partial charge in [-0.25, -0.2) is 0 Å². The number of benzene rings is 1. The van der Waals surface area contributed by atoms with E-state index in [2.05, 4.69) is 19.9 Å². The second kappa shape index (κ2) is 6.20. The van der Waals surface area contributed by atoms with Gasteiger partial charge in [-0.3, -0.25) is 0 Å². The van der Waals surface area contributed by atoms with E-state index in [0.717, 1.165) is 29.5 Å². The maximum atomic E-state index is 10.7. The van der Waals surface area contributed by atoms with Gasteiger partial charge in [-0.05, 0) is 62.8 Å². The van der Waals surface area contributed by atoms with Crippen LogP contribution in [0.2, 0.25) is 0 Å².